The minimum Gasteiger partial charge on any atom is -0.480 e. The van der Waals surface area contributed by atoms with E-state index in [4.69, 9.17) is 0 Å². The molecule has 3 aromatic rings. The number of aromatic nitrogens is 1. The summed E-state index contributed by atoms with van der Waals surface area (Å²) < 4.78 is 12.9. The highest BCUT2D eigenvalue weighted by atomic mass is 19.1. The van der Waals surface area contributed by atoms with Gasteiger partial charge >= 0.3 is 5.97 Å². The Morgan fingerprint density at radius 2 is 1.85 bits per heavy atom. The number of ketones is 1. The van der Waals surface area contributed by atoms with Gasteiger partial charge in [0.2, 0.25) is 0 Å². The molecule has 2 aromatic carbocycles. The fourth-order valence-electron chi connectivity index (χ4n) is 2.91. The first-order chi connectivity index (χ1) is 12.5. The van der Waals surface area contributed by atoms with Gasteiger partial charge in [-0.1, -0.05) is 18.2 Å². The molecule has 0 aliphatic rings. The number of nitrogens with one attached hydrogen (secondary N) is 2. The molecule has 134 valence electrons. The number of aromatic amines is 1. The monoisotopic (exact) mass is 354 g/mol. The van der Waals surface area contributed by atoms with Crippen molar-refractivity contribution in [2.45, 2.75) is 18.9 Å². The molecule has 0 radical (unpaired) electrons. The normalized spacial score (nSPS) is 12.2. The zero-order valence-corrected chi connectivity index (χ0v) is 14.0. The van der Waals surface area contributed by atoms with Crippen LogP contribution >= 0.6 is 0 Å². The van der Waals surface area contributed by atoms with Gasteiger partial charge in [-0.2, -0.15) is 0 Å². The minimum atomic E-state index is -1.08. The molecule has 0 bridgehead atoms. The Morgan fingerprint density at radius 1 is 1.12 bits per heavy atom. The maximum absolute atomic E-state index is 12.9. The lowest BCUT2D eigenvalue weighted by atomic mass is 10.0. The standard InChI is InChI=1S/C20H19FN2O3/c21-15-7-5-13(6-8-15)19(24)11-18(20(25)26)22-10-9-14-12-23-17-4-2-1-3-16(14)17/h1-8,12,18,22-23H,9-11H2,(H,25,26)/t18-/m0/s1. The molecule has 1 aromatic heterocycles. The average Bonchev–Trinajstić information content (AvgIpc) is 3.04. The predicted octanol–water partition coefficient (Wildman–Crippen LogP) is 3.17. The molecule has 1 heterocycles. The van der Waals surface area contributed by atoms with Gasteiger partial charge in [0, 0.05) is 35.6 Å². The van der Waals surface area contributed by atoms with Crippen LogP contribution in [0.15, 0.2) is 54.7 Å². The molecular weight excluding hydrogens is 335 g/mol. The van der Waals surface area contributed by atoms with E-state index in [9.17, 15) is 19.1 Å². The third kappa shape index (κ3) is 4.15. The van der Waals surface area contributed by atoms with E-state index in [1.807, 2.05) is 30.5 Å². The van der Waals surface area contributed by atoms with E-state index in [0.29, 0.717) is 18.5 Å². The summed E-state index contributed by atoms with van der Waals surface area (Å²) in [6.07, 6.45) is 2.36. The van der Waals surface area contributed by atoms with E-state index in [0.717, 1.165) is 16.5 Å². The summed E-state index contributed by atoms with van der Waals surface area (Å²) in [4.78, 5) is 26.8. The van der Waals surface area contributed by atoms with Crippen molar-refractivity contribution in [1.29, 1.82) is 0 Å². The fourth-order valence-corrected chi connectivity index (χ4v) is 2.91. The highest BCUT2D eigenvalue weighted by molar-refractivity contribution is 5.98. The van der Waals surface area contributed by atoms with Crippen LogP contribution in [0.2, 0.25) is 0 Å². The first-order valence-electron chi connectivity index (χ1n) is 8.34. The van der Waals surface area contributed by atoms with E-state index in [1.165, 1.54) is 24.3 Å². The number of Topliss-reactive ketones (excluding diaryl/α,β-unsaturated/α-hetero) is 1. The number of fused-ring (bicyclic) bond motifs is 1. The fraction of sp³-hybridized carbons (Fsp3) is 0.200. The lowest BCUT2D eigenvalue weighted by molar-refractivity contribution is -0.139. The Hall–Kier alpha value is -2.99. The van der Waals surface area contributed by atoms with Crippen molar-refractivity contribution in [3.05, 3.63) is 71.7 Å². The highest BCUT2D eigenvalue weighted by Crippen LogP contribution is 2.17. The Morgan fingerprint density at radius 3 is 2.58 bits per heavy atom. The van der Waals surface area contributed by atoms with E-state index in [2.05, 4.69) is 10.3 Å². The molecule has 0 saturated heterocycles. The van der Waals surface area contributed by atoms with Gasteiger partial charge in [0.25, 0.3) is 0 Å². The third-order valence-corrected chi connectivity index (χ3v) is 4.31. The summed E-state index contributed by atoms with van der Waals surface area (Å²) in [5, 5.41) is 13.4. The summed E-state index contributed by atoms with van der Waals surface area (Å²) in [5.74, 6) is -1.86. The Bertz CT molecular complexity index is 918. The number of benzene rings is 2. The zero-order chi connectivity index (χ0) is 18.5. The number of carbonyl (C=O) groups is 2. The molecule has 0 unspecified atom stereocenters. The van der Waals surface area contributed by atoms with Crippen LogP contribution in [0.4, 0.5) is 4.39 Å². The van der Waals surface area contributed by atoms with Crippen LogP contribution in [-0.2, 0) is 11.2 Å². The minimum absolute atomic E-state index is 0.186. The van der Waals surface area contributed by atoms with Crippen molar-refractivity contribution in [3.8, 4) is 0 Å². The molecule has 0 fully saturated rings. The van der Waals surface area contributed by atoms with Crippen LogP contribution in [0.1, 0.15) is 22.3 Å². The molecule has 3 rings (SSSR count). The Balaban J connectivity index is 1.59. The van der Waals surface area contributed by atoms with Crippen LogP contribution in [0, 0.1) is 5.82 Å². The lowest BCUT2D eigenvalue weighted by Gasteiger charge is -2.13. The number of rotatable bonds is 8. The van der Waals surface area contributed by atoms with Gasteiger partial charge in [-0.15, -0.1) is 0 Å². The largest absolute Gasteiger partial charge is 0.480 e. The van der Waals surface area contributed by atoms with E-state index >= 15 is 0 Å². The second kappa shape index (κ2) is 7.93. The molecule has 0 aliphatic carbocycles. The molecule has 0 amide bonds. The lowest BCUT2D eigenvalue weighted by Crippen LogP contribution is -2.39. The first kappa shape index (κ1) is 17.8. The smallest absolute Gasteiger partial charge is 0.321 e. The van der Waals surface area contributed by atoms with Crippen molar-refractivity contribution in [2.75, 3.05) is 6.54 Å². The average molecular weight is 354 g/mol. The number of para-hydroxylation sites is 1. The van der Waals surface area contributed by atoms with Gasteiger partial charge < -0.3 is 15.4 Å². The third-order valence-electron chi connectivity index (χ3n) is 4.31. The summed E-state index contributed by atoms with van der Waals surface area (Å²) in [5.41, 5.74) is 2.42. The van der Waals surface area contributed by atoms with Gasteiger partial charge in [-0.3, -0.25) is 9.59 Å². The van der Waals surface area contributed by atoms with Crippen LogP contribution in [0.25, 0.3) is 10.9 Å². The zero-order valence-electron chi connectivity index (χ0n) is 14.0. The van der Waals surface area contributed by atoms with Gasteiger partial charge in [0.1, 0.15) is 11.9 Å². The van der Waals surface area contributed by atoms with Crippen molar-refractivity contribution in [2.24, 2.45) is 0 Å². The Labute approximate surface area is 149 Å². The molecule has 26 heavy (non-hydrogen) atoms. The molecule has 0 saturated carbocycles. The van der Waals surface area contributed by atoms with Gasteiger partial charge in [0.15, 0.2) is 5.78 Å². The topological polar surface area (TPSA) is 82.2 Å². The molecule has 0 aliphatic heterocycles. The summed E-state index contributed by atoms with van der Waals surface area (Å²) in [6.45, 7) is 0.426. The number of halogens is 1. The summed E-state index contributed by atoms with van der Waals surface area (Å²) in [6, 6.07) is 12.0. The van der Waals surface area contributed by atoms with Gasteiger partial charge in [0.05, 0.1) is 0 Å². The van der Waals surface area contributed by atoms with Crippen LogP contribution < -0.4 is 5.32 Å². The summed E-state index contributed by atoms with van der Waals surface area (Å²) in [7, 11) is 0. The number of carbonyl (C=O) groups excluding carboxylic acids is 1. The van der Waals surface area contributed by atoms with Crippen LogP contribution in [-0.4, -0.2) is 34.4 Å². The molecule has 5 nitrogen and oxygen atoms in total. The van der Waals surface area contributed by atoms with Crippen LogP contribution in [0.3, 0.4) is 0 Å². The van der Waals surface area contributed by atoms with Gasteiger partial charge in [-0.05, 0) is 42.3 Å². The second-order valence-corrected chi connectivity index (χ2v) is 6.09. The number of hydrogen-bond donors (Lipinski definition) is 3. The van der Waals surface area contributed by atoms with E-state index in [-0.39, 0.29) is 12.2 Å². The first-order valence-corrected chi connectivity index (χ1v) is 8.34. The maximum Gasteiger partial charge on any atom is 0.321 e. The number of hydrogen-bond acceptors (Lipinski definition) is 3. The van der Waals surface area contributed by atoms with Crippen molar-refractivity contribution in [1.82, 2.24) is 10.3 Å². The predicted molar refractivity (Wildman–Crippen MR) is 96.8 cm³/mol. The van der Waals surface area contributed by atoms with Crippen molar-refractivity contribution in [3.63, 3.8) is 0 Å². The SMILES string of the molecule is O=C(C[C@H](NCCc1c[nH]c2ccccc12)C(=O)O)c1ccc(F)cc1. The molecular formula is C20H19FN2O3. The summed E-state index contributed by atoms with van der Waals surface area (Å²) >= 11 is 0. The number of carboxylic acid groups (broad SMARTS) is 1. The van der Waals surface area contributed by atoms with Crippen LogP contribution in [0.5, 0.6) is 0 Å². The number of aliphatic carboxylic acids is 1. The molecule has 6 heteroatoms. The van der Waals surface area contributed by atoms with Crippen molar-refractivity contribution >= 4 is 22.7 Å². The quantitative estimate of drug-likeness (QED) is 0.543. The second-order valence-electron chi connectivity index (χ2n) is 6.09. The number of carboxylic acids is 1. The molecule has 0 spiro atoms. The highest BCUT2D eigenvalue weighted by Gasteiger charge is 2.21. The Kier molecular flexibility index (Phi) is 5.43. The maximum atomic E-state index is 12.9. The van der Waals surface area contributed by atoms with E-state index < -0.39 is 17.8 Å². The van der Waals surface area contributed by atoms with Crippen molar-refractivity contribution < 1.29 is 19.1 Å². The molecule has 3 N–H and O–H groups in total. The van der Waals surface area contributed by atoms with Gasteiger partial charge in [-0.25, -0.2) is 4.39 Å². The molecule has 1 atom stereocenters. The number of H-pyrrole nitrogens is 1. The van der Waals surface area contributed by atoms with E-state index in [1.54, 1.807) is 0 Å².